The Morgan fingerprint density at radius 2 is 1.73 bits per heavy atom. The summed E-state index contributed by atoms with van der Waals surface area (Å²) >= 11 is 0. The van der Waals surface area contributed by atoms with Crippen LogP contribution in [-0.2, 0) is 10.2 Å². The molecule has 138 valence electrons. The fourth-order valence-corrected chi connectivity index (χ4v) is 2.93. The van der Waals surface area contributed by atoms with Gasteiger partial charge in [0.1, 0.15) is 5.41 Å². The molecule has 1 atom stereocenters. The Morgan fingerprint density at radius 3 is 2.27 bits per heavy atom. The second-order valence-corrected chi connectivity index (χ2v) is 5.83. The van der Waals surface area contributed by atoms with Crippen molar-refractivity contribution in [1.29, 1.82) is 0 Å². The van der Waals surface area contributed by atoms with Crippen LogP contribution in [0.25, 0.3) is 0 Å². The molecule has 1 amide bonds. The van der Waals surface area contributed by atoms with Gasteiger partial charge in [-0.3, -0.25) is 9.59 Å². The minimum Gasteiger partial charge on any atom is -0.493 e. The van der Waals surface area contributed by atoms with Crippen LogP contribution in [0.5, 0.6) is 11.5 Å². The molecule has 2 rings (SSSR count). The lowest BCUT2D eigenvalue weighted by atomic mass is 9.78. The number of methoxy groups -OCH3 is 2. The van der Waals surface area contributed by atoms with E-state index in [-0.39, 0.29) is 12.1 Å². The number of hydrogen-bond acceptors (Lipinski definition) is 4. The van der Waals surface area contributed by atoms with Crippen molar-refractivity contribution in [2.45, 2.75) is 18.8 Å². The highest BCUT2D eigenvalue weighted by Crippen LogP contribution is 2.31. The first-order chi connectivity index (χ1) is 12.5. The van der Waals surface area contributed by atoms with Gasteiger partial charge < -0.3 is 19.9 Å². The average molecular weight is 357 g/mol. The van der Waals surface area contributed by atoms with Gasteiger partial charge in [-0.15, -0.1) is 0 Å². The fraction of sp³-hybridized carbons (Fsp3) is 0.300. The number of hydrogen-bond donors (Lipinski definition) is 2. The molecule has 0 saturated carbocycles. The number of amides is 1. The molecule has 1 unspecified atom stereocenters. The fourth-order valence-electron chi connectivity index (χ4n) is 2.93. The maximum Gasteiger partial charge on any atom is 0.315 e. The normalized spacial score (nSPS) is 12.7. The molecule has 0 aromatic heterocycles. The van der Waals surface area contributed by atoms with Crippen molar-refractivity contribution in [2.75, 3.05) is 20.8 Å². The molecule has 0 saturated heterocycles. The van der Waals surface area contributed by atoms with Crippen molar-refractivity contribution >= 4 is 11.9 Å². The number of carboxylic acid groups (broad SMARTS) is 1. The van der Waals surface area contributed by atoms with Gasteiger partial charge >= 0.3 is 5.97 Å². The summed E-state index contributed by atoms with van der Waals surface area (Å²) in [6.45, 7) is 1.75. The van der Waals surface area contributed by atoms with Gasteiger partial charge in [-0.2, -0.15) is 0 Å². The molecule has 0 aliphatic rings. The number of carbonyl (C=O) groups is 2. The Bertz CT molecular complexity index is 775. The highest BCUT2D eigenvalue weighted by atomic mass is 16.5. The van der Waals surface area contributed by atoms with Crippen LogP contribution >= 0.6 is 0 Å². The summed E-state index contributed by atoms with van der Waals surface area (Å²) in [6, 6.07) is 13.9. The number of carbonyl (C=O) groups excluding carboxylic acids is 1. The predicted octanol–water partition coefficient (Wildman–Crippen LogP) is 2.87. The molecule has 0 aliphatic heterocycles. The second-order valence-electron chi connectivity index (χ2n) is 5.83. The lowest BCUT2D eigenvalue weighted by Gasteiger charge is -2.29. The number of para-hydroxylation sites is 1. The number of ether oxygens (including phenoxy) is 2. The first-order valence-electron chi connectivity index (χ1n) is 8.28. The highest BCUT2D eigenvalue weighted by molar-refractivity contribution is 5.98. The van der Waals surface area contributed by atoms with Crippen LogP contribution in [0.1, 0.15) is 29.3 Å². The summed E-state index contributed by atoms with van der Waals surface area (Å²) in [5.74, 6) is -0.660. The molecule has 2 aromatic carbocycles. The zero-order chi connectivity index (χ0) is 19.2. The summed E-state index contributed by atoms with van der Waals surface area (Å²) in [5.41, 5.74) is -0.272. The van der Waals surface area contributed by atoms with Gasteiger partial charge in [0.2, 0.25) is 0 Å². The van der Waals surface area contributed by atoms with E-state index in [2.05, 4.69) is 5.32 Å². The van der Waals surface area contributed by atoms with Gasteiger partial charge in [0, 0.05) is 6.54 Å². The monoisotopic (exact) mass is 357 g/mol. The van der Waals surface area contributed by atoms with Crippen molar-refractivity contribution < 1.29 is 24.2 Å². The summed E-state index contributed by atoms with van der Waals surface area (Å²) in [7, 11) is 2.94. The van der Waals surface area contributed by atoms with E-state index in [0.717, 1.165) is 0 Å². The highest BCUT2D eigenvalue weighted by Gasteiger charge is 2.39. The van der Waals surface area contributed by atoms with Crippen molar-refractivity contribution in [3.8, 4) is 11.5 Å². The van der Waals surface area contributed by atoms with E-state index in [1.807, 2.05) is 6.07 Å². The van der Waals surface area contributed by atoms with E-state index >= 15 is 0 Å². The maximum atomic E-state index is 12.7. The second kappa shape index (κ2) is 8.38. The van der Waals surface area contributed by atoms with Crippen LogP contribution < -0.4 is 14.8 Å². The first kappa shape index (κ1) is 19.3. The molecule has 6 heteroatoms. The summed E-state index contributed by atoms with van der Waals surface area (Å²) in [4.78, 5) is 24.7. The third kappa shape index (κ3) is 3.64. The van der Waals surface area contributed by atoms with Crippen molar-refractivity contribution in [3.05, 3.63) is 59.7 Å². The molecule has 2 N–H and O–H groups in total. The first-order valence-corrected chi connectivity index (χ1v) is 8.28. The quantitative estimate of drug-likeness (QED) is 0.759. The van der Waals surface area contributed by atoms with E-state index in [9.17, 15) is 14.7 Å². The van der Waals surface area contributed by atoms with Gasteiger partial charge in [0.15, 0.2) is 11.5 Å². The molecule has 0 heterocycles. The van der Waals surface area contributed by atoms with Crippen LogP contribution in [0.15, 0.2) is 48.5 Å². The molecular formula is C20H23NO5. The lowest BCUT2D eigenvalue weighted by Crippen LogP contribution is -2.46. The number of nitrogens with one attached hydrogen (secondary N) is 1. The number of rotatable bonds is 8. The molecule has 0 fully saturated rings. The maximum absolute atomic E-state index is 12.7. The Hall–Kier alpha value is -3.02. The van der Waals surface area contributed by atoms with Crippen molar-refractivity contribution in [1.82, 2.24) is 5.32 Å². The van der Waals surface area contributed by atoms with E-state index < -0.39 is 17.3 Å². The predicted molar refractivity (Wildman–Crippen MR) is 97.9 cm³/mol. The largest absolute Gasteiger partial charge is 0.493 e. The SMILES string of the molecule is CCC(CNC(=O)c1cccc(OC)c1OC)(C(=O)O)c1ccccc1. The van der Waals surface area contributed by atoms with Gasteiger partial charge in [-0.05, 0) is 24.1 Å². The third-order valence-electron chi connectivity index (χ3n) is 4.54. The number of benzene rings is 2. The number of carboxylic acids is 1. The lowest BCUT2D eigenvalue weighted by molar-refractivity contribution is -0.143. The van der Waals surface area contributed by atoms with Crippen LogP contribution in [0.4, 0.5) is 0 Å². The Labute approximate surface area is 152 Å². The molecule has 0 spiro atoms. The van der Waals surface area contributed by atoms with Crippen LogP contribution in [0, 0.1) is 0 Å². The van der Waals surface area contributed by atoms with Crippen molar-refractivity contribution in [2.24, 2.45) is 0 Å². The van der Waals surface area contributed by atoms with E-state index in [1.165, 1.54) is 14.2 Å². The number of aliphatic carboxylic acids is 1. The van der Waals surface area contributed by atoms with Gasteiger partial charge in [-0.25, -0.2) is 0 Å². The molecule has 0 radical (unpaired) electrons. The minimum atomic E-state index is -1.21. The Balaban J connectivity index is 2.30. The van der Waals surface area contributed by atoms with Crippen LogP contribution in [0.2, 0.25) is 0 Å². The standard InChI is InChI=1S/C20H23NO5/c1-4-20(19(23)24,14-9-6-5-7-10-14)13-21-18(22)15-11-8-12-16(25-2)17(15)26-3/h5-12H,4,13H2,1-3H3,(H,21,22)(H,23,24). The summed E-state index contributed by atoms with van der Waals surface area (Å²) in [6.07, 6.45) is 0.335. The summed E-state index contributed by atoms with van der Waals surface area (Å²) < 4.78 is 10.5. The topological polar surface area (TPSA) is 84.9 Å². The van der Waals surface area contributed by atoms with E-state index in [4.69, 9.17) is 9.47 Å². The summed E-state index contributed by atoms with van der Waals surface area (Å²) in [5, 5.41) is 12.6. The average Bonchev–Trinajstić information content (AvgIpc) is 2.68. The zero-order valence-corrected chi connectivity index (χ0v) is 15.1. The van der Waals surface area contributed by atoms with E-state index in [1.54, 1.807) is 49.4 Å². The molecule has 2 aromatic rings. The van der Waals surface area contributed by atoms with Gasteiger partial charge in [0.05, 0.1) is 19.8 Å². The minimum absolute atomic E-state index is 0.0396. The van der Waals surface area contributed by atoms with Gasteiger partial charge in [0.25, 0.3) is 5.91 Å². The molecule has 26 heavy (non-hydrogen) atoms. The molecule has 0 bridgehead atoms. The van der Waals surface area contributed by atoms with Gasteiger partial charge in [-0.1, -0.05) is 43.3 Å². The van der Waals surface area contributed by atoms with E-state index in [0.29, 0.717) is 23.5 Å². The Morgan fingerprint density at radius 1 is 1.04 bits per heavy atom. The molecule has 0 aliphatic carbocycles. The molecular weight excluding hydrogens is 334 g/mol. The van der Waals surface area contributed by atoms with Crippen LogP contribution in [-0.4, -0.2) is 37.7 Å². The zero-order valence-electron chi connectivity index (χ0n) is 15.1. The third-order valence-corrected chi connectivity index (χ3v) is 4.54. The van der Waals surface area contributed by atoms with Crippen LogP contribution in [0.3, 0.4) is 0 Å². The molecule has 6 nitrogen and oxygen atoms in total. The van der Waals surface area contributed by atoms with Crippen molar-refractivity contribution in [3.63, 3.8) is 0 Å². The smallest absolute Gasteiger partial charge is 0.315 e. The Kier molecular flexibility index (Phi) is 6.22.